The summed E-state index contributed by atoms with van der Waals surface area (Å²) in [7, 11) is 0. The van der Waals surface area contributed by atoms with E-state index in [9.17, 15) is 4.79 Å². The number of rotatable bonds is 5. The normalized spacial score (nSPS) is 15.2. The first-order chi connectivity index (χ1) is 12.5. The van der Waals surface area contributed by atoms with Gasteiger partial charge < -0.3 is 15.0 Å². The van der Waals surface area contributed by atoms with Crippen molar-refractivity contribution in [3.8, 4) is 5.75 Å². The molecule has 0 unspecified atom stereocenters. The first-order valence-corrected chi connectivity index (χ1v) is 9.30. The fraction of sp³-hybridized carbons (Fsp3) is 0.429. The summed E-state index contributed by atoms with van der Waals surface area (Å²) in [6.45, 7) is 8.25. The van der Waals surface area contributed by atoms with Crippen molar-refractivity contribution < 1.29 is 9.53 Å². The zero-order chi connectivity index (χ0) is 18.5. The molecule has 3 rings (SSSR count). The average molecular weight is 353 g/mol. The Morgan fingerprint density at radius 2 is 1.88 bits per heavy atom. The summed E-state index contributed by atoms with van der Waals surface area (Å²) in [5.41, 5.74) is 1.37. The van der Waals surface area contributed by atoms with E-state index in [1.165, 1.54) is 12.8 Å². The van der Waals surface area contributed by atoms with E-state index < -0.39 is 0 Å². The molecular formula is C21H27N3O2. The standard InChI is InChI=1S/C21H27N3O2/c1-15(2)26-19-6-4-18(5-7-19)23-21(25)17-8-11-22-20(14-17)24-12-9-16(3)10-13-24/h4-8,11,14-16H,9-10,12-13H2,1-3H3,(H,23,25). The second-order valence-electron chi connectivity index (χ2n) is 7.22. The van der Waals surface area contributed by atoms with Gasteiger partial charge in [-0.1, -0.05) is 6.92 Å². The van der Waals surface area contributed by atoms with Gasteiger partial charge in [-0.05, 0) is 69.0 Å². The lowest BCUT2D eigenvalue weighted by molar-refractivity contribution is 0.102. The summed E-state index contributed by atoms with van der Waals surface area (Å²) < 4.78 is 5.62. The number of pyridine rings is 1. The smallest absolute Gasteiger partial charge is 0.255 e. The number of anilines is 2. The van der Waals surface area contributed by atoms with Gasteiger partial charge in [0.15, 0.2) is 0 Å². The number of aromatic nitrogens is 1. The molecule has 1 fully saturated rings. The van der Waals surface area contributed by atoms with Crippen LogP contribution in [0.2, 0.25) is 0 Å². The third-order valence-electron chi connectivity index (χ3n) is 4.60. The largest absolute Gasteiger partial charge is 0.491 e. The molecule has 0 radical (unpaired) electrons. The minimum Gasteiger partial charge on any atom is -0.491 e. The summed E-state index contributed by atoms with van der Waals surface area (Å²) in [6, 6.07) is 11.1. The number of nitrogens with zero attached hydrogens (tertiary/aromatic N) is 2. The van der Waals surface area contributed by atoms with Crippen molar-refractivity contribution in [1.29, 1.82) is 0 Å². The topological polar surface area (TPSA) is 54.5 Å². The number of amides is 1. The van der Waals surface area contributed by atoms with Gasteiger partial charge in [-0.15, -0.1) is 0 Å². The van der Waals surface area contributed by atoms with E-state index in [2.05, 4.69) is 22.1 Å². The number of carbonyl (C=O) groups is 1. The van der Waals surface area contributed by atoms with Gasteiger partial charge in [-0.25, -0.2) is 4.98 Å². The van der Waals surface area contributed by atoms with Crippen LogP contribution < -0.4 is 15.0 Å². The molecule has 5 nitrogen and oxygen atoms in total. The minimum absolute atomic E-state index is 0.128. The molecule has 0 spiro atoms. The molecule has 1 aromatic carbocycles. The van der Waals surface area contributed by atoms with Crippen molar-refractivity contribution in [2.75, 3.05) is 23.3 Å². The van der Waals surface area contributed by atoms with Crippen LogP contribution in [-0.4, -0.2) is 30.1 Å². The highest BCUT2D eigenvalue weighted by molar-refractivity contribution is 6.04. The van der Waals surface area contributed by atoms with Gasteiger partial charge in [0, 0.05) is 30.5 Å². The van der Waals surface area contributed by atoms with Crippen molar-refractivity contribution in [3.05, 3.63) is 48.2 Å². The number of nitrogens with one attached hydrogen (secondary N) is 1. The van der Waals surface area contributed by atoms with Gasteiger partial charge in [-0.2, -0.15) is 0 Å². The summed E-state index contributed by atoms with van der Waals surface area (Å²) in [6.07, 6.45) is 4.18. The predicted octanol–water partition coefficient (Wildman–Crippen LogP) is 4.36. The lowest BCUT2D eigenvalue weighted by Gasteiger charge is -2.31. The van der Waals surface area contributed by atoms with Gasteiger partial charge in [0.1, 0.15) is 11.6 Å². The molecule has 2 heterocycles. The van der Waals surface area contributed by atoms with Gasteiger partial charge in [0.2, 0.25) is 0 Å². The summed E-state index contributed by atoms with van der Waals surface area (Å²) >= 11 is 0. The van der Waals surface area contributed by atoms with Crippen LogP contribution in [0.25, 0.3) is 0 Å². The molecule has 0 bridgehead atoms. The fourth-order valence-corrected chi connectivity index (χ4v) is 3.06. The quantitative estimate of drug-likeness (QED) is 0.868. The highest BCUT2D eigenvalue weighted by Gasteiger charge is 2.18. The number of ether oxygens (including phenoxy) is 1. The third kappa shape index (κ3) is 4.75. The molecule has 2 aromatic rings. The average Bonchev–Trinajstić information content (AvgIpc) is 2.63. The van der Waals surface area contributed by atoms with E-state index in [0.29, 0.717) is 5.56 Å². The lowest BCUT2D eigenvalue weighted by atomic mass is 9.99. The zero-order valence-corrected chi connectivity index (χ0v) is 15.7. The zero-order valence-electron chi connectivity index (χ0n) is 15.7. The maximum Gasteiger partial charge on any atom is 0.255 e. The summed E-state index contributed by atoms with van der Waals surface area (Å²) in [5.74, 6) is 2.31. The number of hydrogen-bond acceptors (Lipinski definition) is 4. The number of piperidine rings is 1. The molecule has 1 saturated heterocycles. The van der Waals surface area contributed by atoms with Crippen LogP contribution in [0, 0.1) is 5.92 Å². The van der Waals surface area contributed by atoms with E-state index in [1.807, 2.05) is 44.2 Å². The van der Waals surface area contributed by atoms with Crippen LogP contribution in [0.1, 0.15) is 44.0 Å². The fourth-order valence-electron chi connectivity index (χ4n) is 3.06. The van der Waals surface area contributed by atoms with Gasteiger partial charge >= 0.3 is 0 Å². The second kappa shape index (κ2) is 8.21. The highest BCUT2D eigenvalue weighted by atomic mass is 16.5. The molecule has 1 N–H and O–H groups in total. The van der Waals surface area contributed by atoms with E-state index in [4.69, 9.17) is 4.74 Å². The van der Waals surface area contributed by atoms with Gasteiger partial charge in [0.25, 0.3) is 5.91 Å². The predicted molar refractivity (Wildman–Crippen MR) is 105 cm³/mol. The van der Waals surface area contributed by atoms with Crippen LogP contribution >= 0.6 is 0 Å². The monoisotopic (exact) mass is 353 g/mol. The Bertz CT molecular complexity index is 735. The van der Waals surface area contributed by atoms with Crippen molar-refractivity contribution in [3.63, 3.8) is 0 Å². The van der Waals surface area contributed by atoms with Crippen LogP contribution in [0.4, 0.5) is 11.5 Å². The van der Waals surface area contributed by atoms with Crippen molar-refractivity contribution in [2.24, 2.45) is 5.92 Å². The summed E-state index contributed by atoms with van der Waals surface area (Å²) in [4.78, 5) is 19.3. The van der Waals surface area contributed by atoms with Crippen LogP contribution in [0.15, 0.2) is 42.6 Å². The Morgan fingerprint density at radius 3 is 2.54 bits per heavy atom. The minimum atomic E-state index is -0.128. The lowest BCUT2D eigenvalue weighted by Crippen LogP contribution is -2.33. The SMILES string of the molecule is CC1CCN(c2cc(C(=O)Nc3ccc(OC(C)C)cc3)ccn2)CC1. The number of hydrogen-bond donors (Lipinski definition) is 1. The Kier molecular flexibility index (Phi) is 5.76. The Morgan fingerprint density at radius 1 is 1.19 bits per heavy atom. The number of benzene rings is 1. The van der Waals surface area contributed by atoms with Gasteiger partial charge in [0.05, 0.1) is 6.10 Å². The molecule has 138 valence electrons. The molecule has 0 atom stereocenters. The molecular weight excluding hydrogens is 326 g/mol. The van der Waals surface area contributed by atoms with E-state index in [-0.39, 0.29) is 12.0 Å². The van der Waals surface area contributed by atoms with Crippen molar-refractivity contribution in [1.82, 2.24) is 4.98 Å². The molecule has 26 heavy (non-hydrogen) atoms. The molecule has 0 aliphatic carbocycles. The van der Waals surface area contributed by atoms with E-state index in [0.717, 1.165) is 36.3 Å². The Hall–Kier alpha value is -2.56. The molecule has 1 aliphatic rings. The van der Waals surface area contributed by atoms with E-state index >= 15 is 0 Å². The first kappa shape index (κ1) is 18.2. The molecule has 5 heteroatoms. The highest BCUT2D eigenvalue weighted by Crippen LogP contribution is 2.22. The van der Waals surface area contributed by atoms with Crippen LogP contribution in [-0.2, 0) is 0 Å². The van der Waals surface area contributed by atoms with Crippen LogP contribution in [0.5, 0.6) is 5.75 Å². The molecule has 1 aliphatic heterocycles. The summed E-state index contributed by atoms with van der Waals surface area (Å²) in [5, 5.41) is 2.94. The molecule has 0 saturated carbocycles. The Labute approximate surface area is 155 Å². The van der Waals surface area contributed by atoms with Crippen molar-refractivity contribution in [2.45, 2.75) is 39.7 Å². The third-order valence-corrected chi connectivity index (χ3v) is 4.60. The number of carbonyl (C=O) groups excluding carboxylic acids is 1. The van der Waals surface area contributed by atoms with Crippen LogP contribution in [0.3, 0.4) is 0 Å². The van der Waals surface area contributed by atoms with E-state index in [1.54, 1.807) is 12.3 Å². The van der Waals surface area contributed by atoms with Crippen molar-refractivity contribution >= 4 is 17.4 Å². The second-order valence-corrected chi connectivity index (χ2v) is 7.22. The molecule has 1 amide bonds. The first-order valence-electron chi connectivity index (χ1n) is 9.30. The maximum absolute atomic E-state index is 12.6. The van der Waals surface area contributed by atoms with Gasteiger partial charge in [-0.3, -0.25) is 4.79 Å². The molecule has 1 aromatic heterocycles. The maximum atomic E-state index is 12.6. The Balaban J connectivity index is 1.65.